The van der Waals surface area contributed by atoms with Crippen molar-refractivity contribution in [3.05, 3.63) is 89.5 Å². The molecule has 3 aromatic rings. The van der Waals surface area contributed by atoms with Crippen molar-refractivity contribution in [1.82, 2.24) is 10.6 Å². The first kappa shape index (κ1) is 22.1. The molecule has 0 saturated heterocycles. The molecule has 0 atom stereocenters. The number of aryl methyl sites for hydroxylation is 1. The van der Waals surface area contributed by atoms with Crippen LogP contribution < -0.4 is 10.6 Å². The van der Waals surface area contributed by atoms with Crippen molar-refractivity contribution in [3.8, 4) is 16.9 Å². The number of hydrogen-bond donors (Lipinski definition) is 3. The Kier molecular flexibility index (Phi) is 8.95. The highest BCUT2D eigenvalue weighted by molar-refractivity contribution is 5.63. The highest BCUT2D eigenvalue weighted by Gasteiger charge is 1.99. The number of rotatable bonds is 12. The third-order valence-electron chi connectivity index (χ3n) is 5.44. The van der Waals surface area contributed by atoms with Gasteiger partial charge in [-0.1, -0.05) is 79.6 Å². The number of phenolic OH excluding ortho intramolecular Hbond substituents is 1. The van der Waals surface area contributed by atoms with E-state index >= 15 is 0 Å². The lowest BCUT2D eigenvalue weighted by atomic mass is 10.0. The van der Waals surface area contributed by atoms with Crippen LogP contribution in [0.5, 0.6) is 5.75 Å². The summed E-state index contributed by atoms with van der Waals surface area (Å²) in [6.45, 7) is 5.85. The Morgan fingerprint density at radius 2 is 1.20 bits per heavy atom. The van der Waals surface area contributed by atoms with Gasteiger partial charge in [-0.15, -0.1) is 0 Å². The molecule has 3 heteroatoms. The molecule has 0 saturated carbocycles. The van der Waals surface area contributed by atoms with Crippen molar-refractivity contribution in [2.75, 3.05) is 13.1 Å². The zero-order chi connectivity index (χ0) is 21.0. The van der Waals surface area contributed by atoms with Crippen molar-refractivity contribution in [2.24, 2.45) is 0 Å². The van der Waals surface area contributed by atoms with Crippen LogP contribution in [-0.2, 0) is 13.1 Å². The molecule has 0 aliphatic heterocycles. The van der Waals surface area contributed by atoms with Gasteiger partial charge in [-0.25, -0.2) is 0 Å². The van der Waals surface area contributed by atoms with Gasteiger partial charge in [-0.05, 0) is 66.7 Å². The van der Waals surface area contributed by atoms with E-state index in [-0.39, 0.29) is 0 Å². The van der Waals surface area contributed by atoms with Crippen LogP contribution in [0.1, 0.15) is 42.4 Å². The first-order valence-corrected chi connectivity index (χ1v) is 11.1. The molecule has 3 N–H and O–H groups in total. The maximum Gasteiger partial charge on any atom is 0.118 e. The number of benzene rings is 3. The van der Waals surface area contributed by atoms with E-state index in [1.54, 1.807) is 6.07 Å². The van der Waals surface area contributed by atoms with Crippen LogP contribution >= 0.6 is 0 Å². The van der Waals surface area contributed by atoms with Crippen LogP contribution in [-0.4, -0.2) is 18.2 Å². The van der Waals surface area contributed by atoms with Gasteiger partial charge in [0.15, 0.2) is 0 Å². The molecule has 0 bridgehead atoms. The summed E-state index contributed by atoms with van der Waals surface area (Å²) in [7, 11) is 0. The van der Waals surface area contributed by atoms with Crippen LogP contribution in [0.25, 0.3) is 11.1 Å². The molecule has 0 fully saturated rings. The summed E-state index contributed by atoms with van der Waals surface area (Å²) >= 11 is 0. The van der Waals surface area contributed by atoms with Crippen LogP contribution in [0, 0.1) is 6.92 Å². The van der Waals surface area contributed by atoms with E-state index < -0.39 is 0 Å². The molecule has 0 aliphatic carbocycles. The molecule has 0 aliphatic rings. The lowest BCUT2D eigenvalue weighted by Crippen LogP contribution is -2.16. The van der Waals surface area contributed by atoms with Crippen LogP contribution in [0.15, 0.2) is 72.8 Å². The third kappa shape index (κ3) is 7.33. The van der Waals surface area contributed by atoms with Crippen molar-refractivity contribution in [1.29, 1.82) is 0 Å². The zero-order valence-electron chi connectivity index (χ0n) is 18.0. The van der Waals surface area contributed by atoms with Gasteiger partial charge in [-0.2, -0.15) is 0 Å². The number of aromatic hydroxyl groups is 1. The Hall–Kier alpha value is -2.62. The van der Waals surface area contributed by atoms with Gasteiger partial charge in [0, 0.05) is 13.1 Å². The van der Waals surface area contributed by atoms with E-state index in [0.29, 0.717) is 5.75 Å². The standard InChI is InChI=1S/C27H34N2O/c1-22-19-24(13-16-27(22)30)21-29-18-8-3-2-7-17-28-20-23-11-14-26(15-12-23)25-9-5-4-6-10-25/h4-6,9-16,19,28-30H,2-3,7-8,17-18,20-21H2,1H3. The zero-order valence-corrected chi connectivity index (χ0v) is 18.0. The molecule has 30 heavy (non-hydrogen) atoms. The smallest absolute Gasteiger partial charge is 0.118 e. The average Bonchev–Trinajstić information content (AvgIpc) is 2.78. The maximum atomic E-state index is 9.57. The molecule has 0 spiro atoms. The van der Waals surface area contributed by atoms with Gasteiger partial charge in [-0.3, -0.25) is 0 Å². The van der Waals surface area contributed by atoms with E-state index in [4.69, 9.17) is 0 Å². The number of nitrogens with one attached hydrogen (secondary N) is 2. The highest BCUT2D eigenvalue weighted by atomic mass is 16.3. The molecule has 0 radical (unpaired) electrons. The first-order valence-electron chi connectivity index (χ1n) is 11.1. The van der Waals surface area contributed by atoms with Gasteiger partial charge >= 0.3 is 0 Å². The highest BCUT2D eigenvalue weighted by Crippen LogP contribution is 2.19. The van der Waals surface area contributed by atoms with Gasteiger partial charge in [0.25, 0.3) is 0 Å². The average molecular weight is 403 g/mol. The second-order valence-electron chi connectivity index (χ2n) is 7.95. The number of phenols is 1. The van der Waals surface area contributed by atoms with E-state index in [1.807, 2.05) is 19.1 Å². The molecule has 3 nitrogen and oxygen atoms in total. The summed E-state index contributed by atoms with van der Waals surface area (Å²) in [5, 5.41) is 16.6. The fraction of sp³-hybridized carbons (Fsp3) is 0.333. The Morgan fingerprint density at radius 1 is 0.633 bits per heavy atom. The Bertz CT molecular complexity index is 875. The maximum absolute atomic E-state index is 9.57. The van der Waals surface area contributed by atoms with Crippen LogP contribution in [0.4, 0.5) is 0 Å². The largest absolute Gasteiger partial charge is 0.508 e. The topological polar surface area (TPSA) is 44.3 Å². The van der Waals surface area contributed by atoms with Crippen LogP contribution in [0.3, 0.4) is 0 Å². The minimum atomic E-state index is 0.372. The molecule has 0 amide bonds. The second-order valence-corrected chi connectivity index (χ2v) is 7.95. The molecule has 3 rings (SSSR count). The van der Waals surface area contributed by atoms with E-state index in [9.17, 15) is 5.11 Å². The molecule has 0 unspecified atom stereocenters. The minimum Gasteiger partial charge on any atom is -0.508 e. The number of unbranched alkanes of at least 4 members (excludes halogenated alkanes) is 3. The summed E-state index contributed by atoms with van der Waals surface area (Å²) in [6, 6.07) is 25.2. The summed E-state index contributed by atoms with van der Waals surface area (Å²) in [6.07, 6.45) is 4.95. The summed E-state index contributed by atoms with van der Waals surface area (Å²) in [4.78, 5) is 0. The van der Waals surface area contributed by atoms with Gasteiger partial charge in [0.1, 0.15) is 5.75 Å². The minimum absolute atomic E-state index is 0.372. The summed E-state index contributed by atoms with van der Waals surface area (Å²) < 4.78 is 0. The molecule has 0 aromatic heterocycles. The SMILES string of the molecule is Cc1cc(CNCCCCCCNCc2ccc(-c3ccccc3)cc2)ccc1O. The third-order valence-corrected chi connectivity index (χ3v) is 5.44. The summed E-state index contributed by atoms with van der Waals surface area (Å²) in [5.74, 6) is 0.372. The van der Waals surface area contributed by atoms with Gasteiger partial charge < -0.3 is 15.7 Å². The lowest BCUT2D eigenvalue weighted by Gasteiger charge is -2.08. The molecule has 158 valence electrons. The van der Waals surface area contributed by atoms with E-state index in [2.05, 4.69) is 65.2 Å². The first-order chi connectivity index (χ1) is 14.7. The summed E-state index contributed by atoms with van der Waals surface area (Å²) in [5.41, 5.74) is 6.04. The van der Waals surface area contributed by atoms with Gasteiger partial charge in [0.05, 0.1) is 0 Å². The number of hydrogen-bond acceptors (Lipinski definition) is 3. The predicted molar refractivity (Wildman–Crippen MR) is 127 cm³/mol. The Morgan fingerprint density at radius 3 is 1.83 bits per heavy atom. The Labute approximate surface area is 181 Å². The predicted octanol–water partition coefficient (Wildman–Crippen LogP) is 5.81. The Balaban J connectivity index is 1.20. The van der Waals surface area contributed by atoms with E-state index in [0.717, 1.165) is 31.7 Å². The molecular weight excluding hydrogens is 368 g/mol. The molecular formula is C27H34N2O. The fourth-order valence-electron chi connectivity index (χ4n) is 3.59. The monoisotopic (exact) mass is 402 g/mol. The second kappa shape index (κ2) is 12.2. The lowest BCUT2D eigenvalue weighted by molar-refractivity contribution is 0.470. The van der Waals surface area contributed by atoms with Gasteiger partial charge in [0.2, 0.25) is 0 Å². The van der Waals surface area contributed by atoms with Crippen LogP contribution in [0.2, 0.25) is 0 Å². The quantitative estimate of drug-likeness (QED) is 0.335. The molecule has 0 heterocycles. The van der Waals surface area contributed by atoms with Crippen molar-refractivity contribution in [2.45, 2.75) is 45.7 Å². The normalized spacial score (nSPS) is 11.0. The van der Waals surface area contributed by atoms with Crippen molar-refractivity contribution in [3.63, 3.8) is 0 Å². The molecule has 3 aromatic carbocycles. The fourth-order valence-corrected chi connectivity index (χ4v) is 3.59. The van der Waals surface area contributed by atoms with E-state index in [1.165, 1.54) is 47.9 Å². The van der Waals surface area contributed by atoms with Crippen molar-refractivity contribution >= 4 is 0 Å². The van der Waals surface area contributed by atoms with Crippen molar-refractivity contribution < 1.29 is 5.11 Å².